The van der Waals surface area contributed by atoms with Gasteiger partial charge in [-0.15, -0.1) is 0 Å². The van der Waals surface area contributed by atoms with E-state index in [1.54, 1.807) is 6.20 Å². The molecule has 2 heterocycles. The molecule has 0 radical (unpaired) electrons. The Balaban J connectivity index is 1.70. The zero-order chi connectivity index (χ0) is 14.7. The molecule has 0 aliphatic heterocycles. The summed E-state index contributed by atoms with van der Waals surface area (Å²) in [6.07, 6.45) is 2.66. The highest BCUT2D eigenvalue weighted by molar-refractivity contribution is 5.75. The molecule has 5 nitrogen and oxygen atoms in total. The predicted octanol–water partition coefficient (Wildman–Crippen LogP) is 2.90. The van der Waals surface area contributed by atoms with Crippen molar-refractivity contribution in [1.82, 2.24) is 19.9 Å². The summed E-state index contributed by atoms with van der Waals surface area (Å²) in [5.41, 5.74) is 2.22. The van der Waals surface area contributed by atoms with E-state index < -0.39 is 0 Å². The van der Waals surface area contributed by atoms with Crippen LogP contribution in [0.5, 0.6) is 0 Å². The van der Waals surface area contributed by atoms with E-state index in [2.05, 4.69) is 39.8 Å². The number of hydrogen-bond donors (Lipinski definition) is 1. The highest BCUT2D eigenvalue weighted by Gasteiger charge is 2.09. The van der Waals surface area contributed by atoms with Gasteiger partial charge < -0.3 is 14.3 Å². The van der Waals surface area contributed by atoms with E-state index in [9.17, 15) is 0 Å². The van der Waals surface area contributed by atoms with Gasteiger partial charge in [-0.25, -0.2) is 9.97 Å². The second kappa shape index (κ2) is 6.10. The van der Waals surface area contributed by atoms with Gasteiger partial charge in [0.25, 0.3) is 0 Å². The summed E-state index contributed by atoms with van der Waals surface area (Å²) in [7, 11) is 0. The van der Waals surface area contributed by atoms with Gasteiger partial charge in [-0.2, -0.15) is 0 Å². The van der Waals surface area contributed by atoms with E-state index in [0.717, 1.165) is 36.0 Å². The molecule has 0 spiro atoms. The van der Waals surface area contributed by atoms with Crippen LogP contribution < -0.4 is 5.32 Å². The fraction of sp³-hybridized carbons (Fsp3) is 0.375. The molecule has 110 valence electrons. The zero-order valence-corrected chi connectivity index (χ0v) is 12.5. The highest BCUT2D eigenvalue weighted by Crippen LogP contribution is 2.15. The molecule has 0 fully saturated rings. The van der Waals surface area contributed by atoms with Gasteiger partial charge in [0.15, 0.2) is 0 Å². The number of hydrogen-bond acceptors (Lipinski definition) is 4. The lowest BCUT2D eigenvalue weighted by atomic mass is 10.3. The number of rotatable bonds is 6. The van der Waals surface area contributed by atoms with E-state index in [1.807, 2.05) is 18.2 Å². The van der Waals surface area contributed by atoms with Crippen molar-refractivity contribution in [2.24, 2.45) is 0 Å². The van der Waals surface area contributed by atoms with E-state index in [4.69, 9.17) is 4.42 Å². The van der Waals surface area contributed by atoms with Crippen molar-refractivity contribution < 1.29 is 4.42 Å². The van der Waals surface area contributed by atoms with Gasteiger partial charge in [0.2, 0.25) is 5.89 Å². The fourth-order valence-corrected chi connectivity index (χ4v) is 2.49. The van der Waals surface area contributed by atoms with Crippen LogP contribution in [0.2, 0.25) is 0 Å². The Morgan fingerprint density at radius 3 is 2.81 bits per heavy atom. The predicted molar refractivity (Wildman–Crippen MR) is 81.8 cm³/mol. The molecule has 0 saturated carbocycles. The lowest BCUT2D eigenvalue weighted by Crippen LogP contribution is -2.16. The van der Waals surface area contributed by atoms with Gasteiger partial charge in [-0.1, -0.05) is 19.1 Å². The molecule has 0 bridgehead atoms. The van der Waals surface area contributed by atoms with Gasteiger partial charge in [-0.3, -0.25) is 0 Å². The maximum Gasteiger partial charge on any atom is 0.208 e. The molecule has 0 aliphatic carbocycles. The van der Waals surface area contributed by atoms with Crippen molar-refractivity contribution in [3.63, 3.8) is 0 Å². The summed E-state index contributed by atoms with van der Waals surface area (Å²) in [6, 6.07) is 8.22. The average molecular weight is 284 g/mol. The minimum Gasteiger partial charge on any atom is -0.444 e. The maximum absolute atomic E-state index is 5.59. The van der Waals surface area contributed by atoms with Crippen LogP contribution in [0.3, 0.4) is 0 Å². The Morgan fingerprint density at radius 1 is 1.19 bits per heavy atom. The smallest absolute Gasteiger partial charge is 0.208 e. The van der Waals surface area contributed by atoms with Gasteiger partial charge in [0, 0.05) is 13.0 Å². The molecular weight excluding hydrogens is 264 g/mol. The van der Waals surface area contributed by atoms with E-state index in [1.165, 1.54) is 5.52 Å². The number of oxazole rings is 1. The molecule has 0 saturated heterocycles. The molecule has 0 atom stereocenters. The summed E-state index contributed by atoms with van der Waals surface area (Å²) >= 11 is 0. The number of nitrogens with zero attached hydrogens (tertiary/aromatic N) is 3. The van der Waals surface area contributed by atoms with Crippen LogP contribution in [0.1, 0.15) is 31.3 Å². The summed E-state index contributed by atoms with van der Waals surface area (Å²) in [4.78, 5) is 8.93. The van der Waals surface area contributed by atoms with Crippen molar-refractivity contribution in [2.75, 3.05) is 0 Å². The Bertz CT molecular complexity index is 729. The largest absolute Gasteiger partial charge is 0.444 e. The number of para-hydroxylation sites is 2. The molecule has 3 rings (SSSR count). The van der Waals surface area contributed by atoms with Gasteiger partial charge >= 0.3 is 0 Å². The lowest BCUT2D eigenvalue weighted by Gasteiger charge is -2.06. The second-order valence-corrected chi connectivity index (χ2v) is 4.94. The number of aryl methyl sites for hydroxylation is 2. The van der Waals surface area contributed by atoms with Crippen LogP contribution in [0.4, 0.5) is 0 Å². The van der Waals surface area contributed by atoms with Crippen molar-refractivity contribution in [2.45, 2.75) is 39.9 Å². The van der Waals surface area contributed by atoms with Crippen molar-refractivity contribution >= 4 is 11.0 Å². The molecule has 0 unspecified atom stereocenters. The maximum atomic E-state index is 5.59. The first-order chi connectivity index (χ1) is 10.3. The first kappa shape index (κ1) is 13.8. The van der Waals surface area contributed by atoms with E-state index in [0.29, 0.717) is 13.1 Å². The Hall–Kier alpha value is -2.14. The van der Waals surface area contributed by atoms with Gasteiger partial charge in [-0.05, 0) is 19.1 Å². The van der Waals surface area contributed by atoms with Crippen LogP contribution in [-0.4, -0.2) is 14.5 Å². The molecule has 0 aliphatic rings. The number of aromatic nitrogens is 3. The van der Waals surface area contributed by atoms with Crippen molar-refractivity contribution in [3.8, 4) is 0 Å². The molecule has 21 heavy (non-hydrogen) atoms. The van der Waals surface area contributed by atoms with Crippen LogP contribution in [-0.2, 0) is 26.1 Å². The Morgan fingerprint density at radius 2 is 2.05 bits per heavy atom. The first-order valence-corrected chi connectivity index (χ1v) is 7.40. The highest BCUT2D eigenvalue weighted by atomic mass is 16.4. The van der Waals surface area contributed by atoms with Gasteiger partial charge in [0.1, 0.15) is 11.6 Å². The molecule has 0 amide bonds. The van der Waals surface area contributed by atoms with Crippen LogP contribution in [0.15, 0.2) is 34.9 Å². The minimum absolute atomic E-state index is 0.618. The summed E-state index contributed by atoms with van der Waals surface area (Å²) in [6.45, 7) is 6.43. The van der Waals surface area contributed by atoms with Crippen LogP contribution in [0.25, 0.3) is 11.0 Å². The summed E-state index contributed by atoms with van der Waals surface area (Å²) < 4.78 is 7.82. The number of imidazole rings is 1. The first-order valence-electron chi connectivity index (χ1n) is 7.40. The monoisotopic (exact) mass is 284 g/mol. The molecule has 5 heteroatoms. The fourth-order valence-electron chi connectivity index (χ4n) is 2.49. The third-order valence-corrected chi connectivity index (χ3v) is 3.56. The van der Waals surface area contributed by atoms with Crippen LogP contribution >= 0.6 is 0 Å². The van der Waals surface area contributed by atoms with E-state index >= 15 is 0 Å². The molecule has 2 aromatic heterocycles. The molecule has 3 aromatic rings. The Kier molecular flexibility index (Phi) is 4.01. The number of benzene rings is 1. The summed E-state index contributed by atoms with van der Waals surface area (Å²) in [5, 5.41) is 3.35. The van der Waals surface area contributed by atoms with Gasteiger partial charge in [0.05, 0.1) is 30.3 Å². The third kappa shape index (κ3) is 2.83. The SMILES string of the molecule is CCc1cnc(CNCc2nc3ccccc3n2CC)o1. The average Bonchev–Trinajstić information content (AvgIpc) is 3.10. The Labute approximate surface area is 124 Å². The number of nitrogens with one attached hydrogen (secondary N) is 1. The molecule has 1 N–H and O–H groups in total. The minimum atomic E-state index is 0.618. The standard InChI is InChI=1S/C16H20N4O/c1-3-12-9-18-16(21-12)11-17-10-15-19-13-7-5-6-8-14(13)20(15)4-2/h5-9,17H,3-4,10-11H2,1-2H3. The molecular formula is C16H20N4O. The van der Waals surface area contributed by atoms with E-state index in [-0.39, 0.29) is 0 Å². The summed E-state index contributed by atoms with van der Waals surface area (Å²) in [5.74, 6) is 2.69. The third-order valence-electron chi connectivity index (χ3n) is 3.56. The van der Waals surface area contributed by atoms with Crippen LogP contribution in [0, 0.1) is 0 Å². The topological polar surface area (TPSA) is 55.9 Å². The second-order valence-electron chi connectivity index (χ2n) is 4.94. The normalized spacial score (nSPS) is 11.3. The van der Waals surface area contributed by atoms with Crippen molar-refractivity contribution in [3.05, 3.63) is 47.9 Å². The zero-order valence-electron chi connectivity index (χ0n) is 12.5. The van der Waals surface area contributed by atoms with Crippen molar-refractivity contribution in [1.29, 1.82) is 0 Å². The quantitative estimate of drug-likeness (QED) is 0.756. The molecule has 1 aromatic carbocycles. The lowest BCUT2D eigenvalue weighted by molar-refractivity contribution is 0.436. The number of fused-ring (bicyclic) bond motifs is 1.